The molecule has 6 heteroatoms. The Labute approximate surface area is 135 Å². The summed E-state index contributed by atoms with van der Waals surface area (Å²) in [4.78, 5) is 19.7. The molecule has 0 unspecified atom stereocenters. The van der Waals surface area contributed by atoms with Gasteiger partial charge in [-0.25, -0.2) is 0 Å². The topological polar surface area (TPSA) is 50.6 Å². The second kappa shape index (κ2) is 6.41. The summed E-state index contributed by atoms with van der Waals surface area (Å²) in [6, 6.07) is 4.14. The van der Waals surface area contributed by atoms with Crippen LogP contribution in [0.1, 0.15) is 23.8 Å². The van der Waals surface area contributed by atoms with Crippen molar-refractivity contribution >= 4 is 22.9 Å². The molecular weight excluding hydrogens is 296 g/mol. The van der Waals surface area contributed by atoms with E-state index in [-0.39, 0.29) is 12.3 Å². The zero-order valence-corrected chi connectivity index (χ0v) is 13.6. The number of hydrogen-bond donors (Lipinski definition) is 0. The van der Waals surface area contributed by atoms with E-state index in [1.54, 1.807) is 4.90 Å². The van der Waals surface area contributed by atoms with Crippen LogP contribution >= 0.6 is 11.3 Å². The van der Waals surface area contributed by atoms with E-state index in [1.165, 1.54) is 16.1 Å². The van der Waals surface area contributed by atoms with Crippen LogP contribution in [-0.4, -0.2) is 53.3 Å². The third kappa shape index (κ3) is 2.81. The number of thiophene rings is 1. The molecule has 3 rings (SSSR count). The van der Waals surface area contributed by atoms with E-state index in [9.17, 15) is 4.79 Å². The van der Waals surface area contributed by atoms with E-state index in [1.807, 2.05) is 17.4 Å². The zero-order chi connectivity index (χ0) is 15.5. The Balaban J connectivity index is 1.72. The number of nitriles is 1. The van der Waals surface area contributed by atoms with E-state index >= 15 is 0 Å². The van der Waals surface area contributed by atoms with Gasteiger partial charge in [-0.1, -0.05) is 0 Å². The quantitative estimate of drug-likeness (QED) is 0.855. The number of fused-ring (bicyclic) bond motifs is 1. The highest BCUT2D eigenvalue weighted by Crippen LogP contribution is 2.33. The molecule has 1 amide bonds. The monoisotopic (exact) mass is 316 g/mol. The Morgan fingerprint density at radius 1 is 1.36 bits per heavy atom. The number of piperazine rings is 1. The first kappa shape index (κ1) is 14.9. The number of rotatable bonds is 3. The summed E-state index contributed by atoms with van der Waals surface area (Å²) in [6.45, 7) is 7.22. The van der Waals surface area contributed by atoms with Crippen molar-refractivity contribution in [3.05, 3.63) is 28.1 Å². The van der Waals surface area contributed by atoms with E-state index in [2.05, 4.69) is 34.4 Å². The minimum atomic E-state index is -0.0498. The largest absolute Gasteiger partial charge is 0.371 e. The van der Waals surface area contributed by atoms with Crippen LogP contribution < -0.4 is 0 Å². The molecule has 0 N–H and O–H groups in total. The molecule has 0 spiro atoms. The van der Waals surface area contributed by atoms with Crippen molar-refractivity contribution in [2.45, 2.75) is 19.9 Å². The van der Waals surface area contributed by atoms with Gasteiger partial charge in [-0.2, -0.15) is 5.26 Å². The molecule has 1 fully saturated rings. The summed E-state index contributed by atoms with van der Waals surface area (Å²) >= 11 is 1.81. The van der Waals surface area contributed by atoms with Gasteiger partial charge in [0, 0.05) is 49.4 Å². The molecule has 0 radical (unpaired) electrons. The van der Waals surface area contributed by atoms with Crippen LogP contribution in [0.3, 0.4) is 0 Å². The lowest BCUT2D eigenvalue weighted by Gasteiger charge is -2.39. The Hall–Kier alpha value is -2.00. The average Bonchev–Trinajstić information content (AvgIpc) is 3.02. The first-order valence-corrected chi connectivity index (χ1v) is 8.53. The molecular formula is C16H20N4OS. The fourth-order valence-corrected chi connectivity index (χ4v) is 3.90. The van der Waals surface area contributed by atoms with Crippen molar-refractivity contribution < 1.29 is 4.79 Å². The van der Waals surface area contributed by atoms with E-state index in [0.29, 0.717) is 13.1 Å². The maximum absolute atomic E-state index is 11.8. The van der Waals surface area contributed by atoms with Gasteiger partial charge < -0.3 is 14.7 Å². The molecule has 1 aromatic heterocycles. The van der Waals surface area contributed by atoms with Crippen LogP contribution in [0.25, 0.3) is 5.70 Å². The average molecular weight is 316 g/mol. The van der Waals surface area contributed by atoms with Gasteiger partial charge in [0.15, 0.2) is 0 Å². The Kier molecular flexibility index (Phi) is 4.34. The van der Waals surface area contributed by atoms with Crippen LogP contribution in [0, 0.1) is 11.3 Å². The summed E-state index contributed by atoms with van der Waals surface area (Å²) < 4.78 is 0. The summed E-state index contributed by atoms with van der Waals surface area (Å²) in [5.41, 5.74) is 2.61. The molecule has 0 bridgehead atoms. The van der Waals surface area contributed by atoms with Crippen LogP contribution in [0.2, 0.25) is 0 Å². The molecule has 0 aromatic carbocycles. The lowest BCUT2D eigenvalue weighted by Crippen LogP contribution is -2.48. The van der Waals surface area contributed by atoms with Gasteiger partial charge in [0.1, 0.15) is 6.42 Å². The van der Waals surface area contributed by atoms with Crippen LogP contribution in [0.4, 0.5) is 0 Å². The lowest BCUT2D eigenvalue weighted by molar-refractivity contribution is -0.131. The normalized spacial score (nSPS) is 17.8. The Bertz CT molecular complexity index is 622. The number of hydrogen-bond acceptors (Lipinski definition) is 5. The van der Waals surface area contributed by atoms with Gasteiger partial charge in [0.05, 0.1) is 18.3 Å². The second-order valence-corrected chi connectivity index (χ2v) is 6.54. The van der Waals surface area contributed by atoms with E-state index in [0.717, 1.165) is 26.2 Å². The summed E-state index contributed by atoms with van der Waals surface area (Å²) in [5, 5.41) is 10.8. The van der Waals surface area contributed by atoms with Crippen molar-refractivity contribution in [2.24, 2.45) is 0 Å². The maximum atomic E-state index is 11.8. The fourth-order valence-electron chi connectivity index (χ4n) is 3.00. The smallest absolute Gasteiger partial charge is 0.236 e. The maximum Gasteiger partial charge on any atom is 0.236 e. The first-order chi connectivity index (χ1) is 10.7. The molecule has 5 nitrogen and oxygen atoms in total. The van der Waals surface area contributed by atoms with Crippen LogP contribution in [0.5, 0.6) is 0 Å². The Morgan fingerprint density at radius 3 is 2.82 bits per heavy atom. The number of amides is 1. The van der Waals surface area contributed by atoms with Gasteiger partial charge >= 0.3 is 0 Å². The van der Waals surface area contributed by atoms with Crippen molar-refractivity contribution in [1.29, 1.82) is 5.26 Å². The summed E-state index contributed by atoms with van der Waals surface area (Å²) in [6.07, 6.45) is 2.24. The highest BCUT2D eigenvalue weighted by Gasteiger charge is 2.26. The van der Waals surface area contributed by atoms with Gasteiger partial charge in [-0.05, 0) is 18.4 Å². The van der Waals surface area contributed by atoms with Gasteiger partial charge in [-0.15, -0.1) is 11.3 Å². The van der Waals surface area contributed by atoms with Crippen molar-refractivity contribution in [3.63, 3.8) is 0 Å². The van der Waals surface area contributed by atoms with E-state index in [4.69, 9.17) is 5.26 Å². The molecule has 22 heavy (non-hydrogen) atoms. The highest BCUT2D eigenvalue weighted by atomic mass is 32.1. The number of carbonyl (C=O) groups is 1. The van der Waals surface area contributed by atoms with Crippen LogP contribution in [-0.2, 0) is 11.3 Å². The first-order valence-electron chi connectivity index (χ1n) is 7.65. The van der Waals surface area contributed by atoms with Gasteiger partial charge in [-0.3, -0.25) is 4.79 Å². The van der Waals surface area contributed by atoms with Crippen LogP contribution in [0.15, 0.2) is 17.6 Å². The van der Waals surface area contributed by atoms with Crippen molar-refractivity contribution in [3.8, 4) is 6.07 Å². The summed E-state index contributed by atoms with van der Waals surface area (Å²) in [5.74, 6) is -0.0498. The molecule has 3 heterocycles. The number of carbonyl (C=O) groups excluding carboxylic acids is 1. The van der Waals surface area contributed by atoms with E-state index < -0.39 is 0 Å². The molecule has 0 aliphatic carbocycles. The predicted octanol–water partition coefficient (Wildman–Crippen LogP) is 1.94. The Morgan fingerprint density at radius 2 is 2.14 bits per heavy atom. The molecule has 0 saturated carbocycles. The standard InChI is InChI=1S/C16H20N4OS/c1-2-18-11-14(13-4-10-22-15(13)12-18)19-6-8-20(9-7-19)16(21)3-5-17/h4,10-11H,2-3,6-9,12H2,1H3. The van der Waals surface area contributed by atoms with Crippen molar-refractivity contribution in [1.82, 2.24) is 14.7 Å². The zero-order valence-electron chi connectivity index (χ0n) is 12.8. The minimum absolute atomic E-state index is 0.0129. The minimum Gasteiger partial charge on any atom is -0.371 e. The highest BCUT2D eigenvalue weighted by molar-refractivity contribution is 7.10. The molecule has 0 atom stereocenters. The van der Waals surface area contributed by atoms with Crippen molar-refractivity contribution in [2.75, 3.05) is 32.7 Å². The SMILES string of the molecule is CCN1C=C(N2CCN(C(=O)CC#N)CC2)c2ccsc2C1. The fraction of sp³-hybridized carbons (Fsp3) is 0.500. The van der Waals surface area contributed by atoms with Gasteiger partial charge in [0.2, 0.25) is 5.91 Å². The summed E-state index contributed by atoms with van der Waals surface area (Å²) in [7, 11) is 0. The molecule has 1 aromatic rings. The predicted molar refractivity (Wildman–Crippen MR) is 86.8 cm³/mol. The lowest BCUT2D eigenvalue weighted by atomic mass is 10.1. The molecule has 116 valence electrons. The molecule has 2 aliphatic heterocycles. The van der Waals surface area contributed by atoms with Gasteiger partial charge in [0.25, 0.3) is 0 Å². The third-order valence-electron chi connectivity index (χ3n) is 4.28. The molecule has 1 saturated heterocycles. The number of nitrogens with zero attached hydrogens (tertiary/aromatic N) is 4. The third-order valence-corrected chi connectivity index (χ3v) is 5.19. The molecule has 2 aliphatic rings. The second-order valence-electron chi connectivity index (χ2n) is 5.54.